The van der Waals surface area contributed by atoms with Gasteiger partial charge in [-0.25, -0.2) is 4.99 Å². The number of hydrogen-bond acceptors (Lipinski definition) is 3. The van der Waals surface area contributed by atoms with Crippen LogP contribution >= 0.6 is 11.3 Å². The molecule has 1 aromatic carbocycles. The number of aliphatic imine (C=N–C) groups is 1. The molecule has 0 amide bonds. The molecule has 0 saturated carbocycles. The topological polar surface area (TPSA) is 45.7 Å². The Morgan fingerprint density at radius 2 is 2.05 bits per heavy atom. The molecule has 0 aliphatic heterocycles. The van der Waals surface area contributed by atoms with Crippen molar-refractivity contribution in [2.24, 2.45) is 4.99 Å². The predicted molar refractivity (Wildman–Crippen MR) is 93.1 cm³/mol. The lowest BCUT2D eigenvalue weighted by Gasteiger charge is -2.12. The molecule has 118 valence electrons. The Morgan fingerprint density at radius 3 is 2.77 bits per heavy atom. The van der Waals surface area contributed by atoms with E-state index in [1.807, 2.05) is 0 Å². The average Bonchev–Trinajstić information content (AvgIpc) is 3.04. The van der Waals surface area contributed by atoms with Gasteiger partial charge in [0, 0.05) is 20.2 Å². The molecule has 0 atom stereocenters. The SMILES string of the molecule is CCNC(=NCc1ccsc1)NCc1cccc(COC)c1. The van der Waals surface area contributed by atoms with E-state index in [1.165, 1.54) is 16.7 Å². The summed E-state index contributed by atoms with van der Waals surface area (Å²) in [6.07, 6.45) is 0. The van der Waals surface area contributed by atoms with Gasteiger partial charge in [-0.1, -0.05) is 24.3 Å². The van der Waals surface area contributed by atoms with Gasteiger partial charge in [-0.05, 0) is 40.4 Å². The van der Waals surface area contributed by atoms with Gasteiger partial charge in [-0.2, -0.15) is 11.3 Å². The van der Waals surface area contributed by atoms with Gasteiger partial charge in [0.15, 0.2) is 5.96 Å². The Bertz CT molecular complexity index is 581. The first kappa shape index (κ1) is 16.5. The molecule has 2 aromatic rings. The quantitative estimate of drug-likeness (QED) is 0.609. The van der Waals surface area contributed by atoms with Crippen LogP contribution in [-0.4, -0.2) is 19.6 Å². The van der Waals surface area contributed by atoms with Crippen LogP contribution in [0.5, 0.6) is 0 Å². The van der Waals surface area contributed by atoms with Crippen LogP contribution in [0.3, 0.4) is 0 Å². The average molecular weight is 317 g/mol. The first-order valence-corrected chi connectivity index (χ1v) is 8.36. The molecule has 0 radical (unpaired) electrons. The molecule has 2 rings (SSSR count). The molecule has 1 heterocycles. The highest BCUT2D eigenvalue weighted by Crippen LogP contribution is 2.08. The van der Waals surface area contributed by atoms with E-state index in [9.17, 15) is 0 Å². The van der Waals surface area contributed by atoms with Gasteiger partial charge in [-0.3, -0.25) is 0 Å². The highest BCUT2D eigenvalue weighted by molar-refractivity contribution is 7.07. The third-order valence-electron chi connectivity index (χ3n) is 3.11. The Kier molecular flexibility index (Phi) is 6.93. The fourth-order valence-electron chi connectivity index (χ4n) is 2.08. The summed E-state index contributed by atoms with van der Waals surface area (Å²) in [7, 11) is 1.71. The third kappa shape index (κ3) is 5.50. The van der Waals surface area contributed by atoms with Gasteiger partial charge in [0.1, 0.15) is 0 Å². The molecule has 5 heteroatoms. The molecule has 0 aliphatic carbocycles. The van der Waals surface area contributed by atoms with Gasteiger partial charge in [-0.15, -0.1) is 0 Å². The fraction of sp³-hybridized carbons (Fsp3) is 0.353. The van der Waals surface area contributed by atoms with Crippen molar-refractivity contribution in [2.75, 3.05) is 13.7 Å². The van der Waals surface area contributed by atoms with E-state index < -0.39 is 0 Å². The number of thiophene rings is 1. The summed E-state index contributed by atoms with van der Waals surface area (Å²) in [4.78, 5) is 4.61. The van der Waals surface area contributed by atoms with Crippen molar-refractivity contribution in [2.45, 2.75) is 26.6 Å². The van der Waals surface area contributed by atoms with E-state index in [4.69, 9.17) is 4.74 Å². The summed E-state index contributed by atoms with van der Waals surface area (Å²) in [5.41, 5.74) is 3.64. The maximum Gasteiger partial charge on any atom is 0.191 e. The summed E-state index contributed by atoms with van der Waals surface area (Å²) >= 11 is 1.70. The second kappa shape index (κ2) is 9.23. The Morgan fingerprint density at radius 1 is 1.18 bits per heavy atom. The molecule has 0 spiro atoms. The van der Waals surface area contributed by atoms with Crippen LogP contribution in [0.25, 0.3) is 0 Å². The maximum absolute atomic E-state index is 5.17. The zero-order chi connectivity index (χ0) is 15.6. The molecule has 0 unspecified atom stereocenters. The normalized spacial score (nSPS) is 11.5. The Hall–Kier alpha value is -1.85. The molecule has 0 bridgehead atoms. The predicted octanol–water partition coefficient (Wildman–Crippen LogP) is 3.15. The molecular weight excluding hydrogens is 294 g/mol. The largest absolute Gasteiger partial charge is 0.380 e. The second-order valence-corrected chi connectivity index (χ2v) is 5.71. The lowest BCUT2D eigenvalue weighted by molar-refractivity contribution is 0.185. The minimum Gasteiger partial charge on any atom is -0.380 e. The van der Waals surface area contributed by atoms with Gasteiger partial charge < -0.3 is 15.4 Å². The van der Waals surface area contributed by atoms with Crippen molar-refractivity contribution in [3.8, 4) is 0 Å². The van der Waals surface area contributed by atoms with E-state index in [1.54, 1.807) is 18.4 Å². The van der Waals surface area contributed by atoms with Crippen LogP contribution in [0.1, 0.15) is 23.6 Å². The van der Waals surface area contributed by atoms with Gasteiger partial charge in [0.25, 0.3) is 0 Å². The summed E-state index contributed by atoms with van der Waals surface area (Å²) in [6, 6.07) is 10.5. The lowest BCUT2D eigenvalue weighted by atomic mass is 10.1. The molecule has 2 N–H and O–H groups in total. The third-order valence-corrected chi connectivity index (χ3v) is 3.84. The summed E-state index contributed by atoms with van der Waals surface area (Å²) < 4.78 is 5.17. The van der Waals surface area contributed by atoms with E-state index >= 15 is 0 Å². The first-order chi connectivity index (χ1) is 10.8. The molecule has 0 saturated heterocycles. The van der Waals surface area contributed by atoms with Crippen LogP contribution in [0, 0.1) is 0 Å². The lowest BCUT2D eigenvalue weighted by Crippen LogP contribution is -2.36. The summed E-state index contributed by atoms with van der Waals surface area (Å²) in [6.45, 7) is 5.00. The van der Waals surface area contributed by atoms with Crippen molar-refractivity contribution >= 4 is 17.3 Å². The number of nitrogens with one attached hydrogen (secondary N) is 2. The smallest absolute Gasteiger partial charge is 0.191 e. The fourth-order valence-corrected chi connectivity index (χ4v) is 2.74. The van der Waals surface area contributed by atoms with Crippen molar-refractivity contribution in [1.29, 1.82) is 0 Å². The molecule has 22 heavy (non-hydrogen) atoms. The number of benzene rings is 1. The van der Waals surface area contributed by atoms with E-state index in [2.05, 4.69) is 63.6 Å². The maximum atomic E-state index is 5.17. The van der Waals surface area contributed by atoms with E-state index in [-0.39, 0.29) is 0 Å². The number of nitrogens with zero attached hydrogens (tertiary/aromatic N) is 1. The van der Waals surface area contributed by atoms with Gasteiger partial charge in [0.05, 0.1) is 13.2 Å². The van der Waals surface area contributed by atoms with Gasteiger partial charge >= 0.3 is 0 Å². The molecule has 0 fully saturated rings. The first-order valence-electron chi connectivity index (χ1n) is 7.42. The van der Waals surface area contributed by atoms with E-state index in [0.29, 0.717) is 13.2 Å². The van der Waals surface area contributed by atoms with Crippen LogP contribution in [0.4, 0.5) is 0 Å². The number of guanidine groups is 1. The number of ether oxygens (including phenoxy) is 1. The van der Waals surface area contributed by atoms with Crippen LogP contribution in [-0.2, 0) is 24.4 Å². The highest BCUT2D eigenvalue weighted by atomic mass is 32.1. The van der Waals surface area contributed by atoms with Crippen molar-refractivity contribution in [1.82, 2.24) is 10.6 Å². The molecule has 0 aliphatic rings. The van der Waals surface area contributed by atoms with Crippen LogP contribution in [0.15, 0.2) is 46.1 Å². The summed E-state index contributed by atoms with van der Waals surface area (Å²) in [5.74, 6) is 0.839. The number of hydrogen-bond donors (Lipinski definition) is 2. The molecule has 1 aromatic heterocycles. The van der Waals surface area contributed by atoms with E-state index in [0.717, 1.165) is 19.0 Å². The molecular formula is C17H23N3OS. The van der Waals surface area contributed by atoms with Crippen molar-refractivity contribution in [3.63, 3.8) is 0 Å². The van der Waals surface area contributed by atoms with Crippen LogP contribution < -0.4 is 10.6 Å². The standard InChI is InChI=1S/C17H23N3OS/c1-3-18-17(20-11-16-7-8-22-13-16)19-10-14-5-4-6-15(9-14)12-21-2/h4-9,13H,3,10-12H2,1-2H3,(H2,18,19,20). The number of methoxy groups -OCH3 is 1. The minimum absolute atomic E-state index is 0.639. The highest BCUT2D eigenvalue weighted by Gasteiger charge is 2.00. The second-order valence-electron chi connectivity index (χ2n) is 4.93. The van der Waals surface area contributed by atoms with Crippen LogP contribution in [0.2, 0.25) is 0 Å². The zero-order valence-electron chi connectivity index (χ0n) is 13.1. The number of rotatable bonds is 7. The minimum atomic E-state index is 0.639. The summed E-state index contributed by atoms with van der Waals surface area (Å²) in [5, 5.41) is 10.8. The van der Waals surface area contributed by atoms with Gasteiger partial charge in [0.2, 0.25) is 0 Å². The Labute approximate surface area is 136 Å². The van der Waals surface area contributed by atoms with Crippen molar-refractivity contribution < 1.29 is 4.74 Å². The van der Waals surface area contributed by atoms with Crippen molar-refractivity contribution in [3.05, 3.63) is 57.8 Å². The monoisotopic (exact) mass is 317 g/mol. The Balaban J connectivity index is 1.93. The molecule has 4 nitrogen and oxygen atoms in total. The zero-order valence-corrected chi connectivity index (χ0v) is 14.0.